The average molecular weight is 187 g/mol. The van der Waals surface area contributed by atoms with Gasteiger partial charge in [-0.05, 0) is 31.7 Å². The minimum atomic E-state index is 0.296. The van der Waals surface area contributed by atoms with Crippen molar-refractivity contribution < 1.29 is 9.84 Å². The zero-order valence-corrected chi connectivity index (χ0v) is 8.46. The number of hydrogen-bond acceptors (Lipinski definition) is 3. The van der Waals surface area contributed by atoms with Crippen molar-refractivity contribution in [1.29, 1.82) is 0 Å². The molecule has 1 aliphatic heterocycles. The van der Waals surface area contributed by atoms with Crippen LogP contribution in [0, 0.1) is 5.92 Å². The van der Waals surface area contributed by atoms with Crippen molar-refractivity contribution in [3.63, 3.8) is 0 Å². The standard InChI is InChI=1S/C10H21NO2/c1-9(4-5-12)7-11-10-3-2-6-13-8-10/h9-12H,2-8H2,1H3. The highest BCUT2D eigenvalue weighted by atomic mass is 16.5. The van der Waals surface area contributed by atoms with Gasteiger partial charge in [-0.15, -0.1) is 0 Å². The van der Waals surface area contributed by atoms with E-state index in [1.807, 2.05) is 0 Å². The van der Waals surface area contributed by atoms with Gasteiger partial charge in [0.25, 0.3) is 0 Å². The predicted octanol–water partition coefficient (Wildman–Crippen LogP) is 0.773. The molecule has 1 heterocycles. The Morgan fingerprint density at radius 1 is 1.62 bits per heavy atom. The molecule has 2 unspecified atom stereocenters. The topological polar surface area (TPSA) is 41.5 Å². The van der Waals surface area contributed by atoms with Crippen LogP contribution in [-0.2, 0) is 4.74 Å². The van der Waals surface area contributed by atoms with Crippen molar-refractivity contribution in [3.05, 3.63) is 0 Å². The van der Waals surface area contributed by atoms with Gasteiger partial charge in [0.1, 0.15) is 0 Å². The molecule has 1 rings (SSSR count). The van der Waals surface area contributed by atoms with Crippen LogP contribution in [-0.4, -0.2) is 37.5 Å². The van der Waals surface area contributed by atoms with Crippen LogP contribution in [0.15, 0.2) is 0 Å². The van der Waals surface area contributed by atoms with E-state index in [4.69, 9.17) is 9.84 Å². The van der Waals surface area contributed by atoms with E-state index in [0.717, 1.165) is 26.2 Å². The summed E-state index contributed by atoms with van der Waals surface area (Å²) in [5.74, 6) is 0.562. The molecule has 0 radical (unpaired) electrons. The first-order chi connectivity index (χ1) is 6.33. The molecule has 2 N–H and O–H groups in total. The molecule has 0 aromatic rings. The third-order valence-corrected chi connectivity index (χ3v) is 2.54. The van der Waals surface area contributed by atoms with Crippen molar-refractivity contribution in [2.45, 2.75) is 32.2 Å². The van der Waals surface area contributed by atoms with Gasteiger partial charge in [0.05, 0.1) is 6.61 Å². The van der Waals surface area contributed by atoms with Gasteiger partial charge in [-0.1, -0.05) is 6.92 Å². The van der Waals surface area contributed by atoms with Gasteiger partial charge in [0.15, 0.2) is 0 Å². The van der Waals surface area contributed by atoms with Gasteiger partial charge in [0.2, 0.25) is 0 Å². The summed E-state index contributed by atoms with van der Waals surface area (Å²) in [6.07, 6.45) is 3.29. The highest BCUT2D eigenvalue weighted by molar-refractivity contribution is 4.71. The first kappa shape index (κ1) is 11.0. The highest BCUT2D eigenvalue weighted by Gasteiger charge is 2.13. The molecule has 13 heavy (non-hydrogen) atoms. The number of hydrogen-bond donors (Lipinski definition) is 2. The maximum atomic E-state index is 8.72. The smallest absolute Gasteiger partial charge is 0.0619 e. The lowest BCUT2D eigenvalue weighted by Crippen LogP contribution is -2.39. The predicted molar refractivity (Wildman–Crippen MR) is 52.7 cm³/mol. The van der Waals surface area contributed by atoms with E-state index in [2.05, 4.69) is 12.2 Å². The van der Waals surface area contributed by atoms with E-state index in [-0.39, 0.29) is 0 Å². The Bertz CT molecular complexity index is 124. The number of aliphatic hydroxyl groups is 1. The Kier molecular flexibility index (Phi) is 5.35. The Morgan fingerprint density at radius 2 is 2.46 bits per heavy atom. The molecule has 2 atom stereocenters. The highest BCUT2D eigenvalue weighted by Crippen LogP contribution is 2.07. The lowest BCUT2D eigenvalue weighted by atomic mass is 10.1. The van der Waals surface area contributed by atoms with E-state index in [1.165, 1.54) is 12.8 Å². The summed E-state index contributed by atoms with van der Waals surface area (Å²) in [5, 5.41) is 12.2. The largest absolute Gasteiger partial charge is 0.396 e. The summed E-state index contributed by atoms with van der Waals surface area (Å²) < 4.78 is 5.36. The van der Waals surface area contributed by atoms with Crippen molar-refractivity contribution in [1.82, 2.24) is 5.32 Å². The van der Waals surface area contributed by atoms with Crippen LogP contribution in [0.3, 0.4) is 0 Å². The van der Waals surface area contributed by atoms with E-state index < -0.39 is 0 Å². The van der Waals surface area contributed by atoms with Crippen LogP contribution < -0.4 is 5.32 Å². The van der Waals surface area contributed by atoms with Gasteiger partial charge in [-0.25, -0.2) is 0 Å². The van der Waals surface area contributed by atoms with Gasteiger partial charge in [-0.3, -0.25) is 0 Å². The monoisotopic (exact) mass is 187 g/mol. The number of rotatable bonds is 5. The van der Waals surface area contributed by atoms with Gasteiger partial charge < -0.3 is 15.2 Å². The molecular formula is C10H21NO2. The fourth-order valence-electron chi connectivity index (χ4n) is 1.59. The van der Waals surface area contributed by atoms with E-state index in [9.17, 15) is 0 Å². The normalized spacial score (nSPS) is 25.8. The lowest BCUT2D eigenvalue weighted by Gasteiger charge is -2.24. The third kappa shape index (κ3) is 4.60. The first-order valence-corrected chi connectivity index (χ1v) is 5.25. The summed E-state index contributed by atoms with van der Waals surface area (Å²) in [7, 11) is 0. The molecule has 0 amide bonds. The van der Waals surface area contributed by atoms with Crippen LogP contribution in [0.1, 0.15) is 26.2 Å². The summed E-state index contributed by atoms with van der Waals surface area (Å²) in [6.45, 7) is 5.22. The van der Waals surface area contributed by atoms with Crippen LogP contribution >= 0.6 is 0 Å². The maximum Gasteiger partial charge on any atom is 0.0619 e. The van der Waals surface area contributed by atoms with Crippen LogP contribution in [0.4, 0.5) is 0 Å². The Labute approximate surface area is 80.5 Å². The molecule has 1 fully saturated rings. The molecule has 0 aliphatic carbocycles. The second kappa shape index (κ2) is 6.35. The van der Waals surface area contributed by atoms with Gasteiger partial charge >= 0.3 is 0 Å². The summed E-state index contributed by atoms with van der Waals surface area (Å²) >= 11 is 0. The molecule has 1 saturated heterocycles. The quantitative estimate of drug-likeness (QED) is 0.668. The molecule has 0 spiro atoms. The minimum Gasteiger partial charge on any atom is -0.396 e. The number of aliphatic hydroxyl groups excluding tert-OH is 1. The Hall–Kier alpha value is -0.120. The van der Waals surface area contributed by atoms with Gasteiger partial charge in [0, 0.05) is 19.3 Å². The minimum absolute atomic E-state index is 0.296. The third-order valence-electron chi connectivity index (χ3n) is 2.54. The molecular weight excluding hydrogens is 166 g/mol. The second-order valence-corrected chi connectivity index (χ2v) is 3.94. The number of ether oxygens (including phenoxy) is 1. The van der Waals surface area contributed by atoms with Crippen molar-refractivity contribution in [3.8, 4) is 0 Å². The molecule has 78 valence electrons. The number of nitrogens with one attached hydrogen (secondary N) is 1. The summed E-state index contributed by atoms with van der Waals surface area (Å²) in [4.78, 5) is 0. The molecule has 0 aromatic heterocycles. The van der Waals surface area contributed by atoms with Crippen molar-refractivity contribution >= 4 is 0 Å². The zero-order valence-electron chi connectivity index (χ0n) is 8.46. The Morgan fingerprint density at radius 3 is 3.08 bits per heavy atom. The molecule has 3 heteroatoms. The summed E-state index contributed by atoms with van der Waals surface area (Å²) in [6, 6.07) is 0.537. The fraction of sp³-hybridized carbons (Fsp3) is 1.00. The lowest BCUT2D eigenvalue weighted by molar-refractivity contribution is 0.0689. The van der Waals surface area contributed by atoms with Crippen molar-refractivity contribution in [2.24, 2.45) is 5.92 Å². The van der Waals surface area contributed by atoms with E-state index >= 15 is 0 Å². The van der Waals surface area contributed by atoms with E-state index in [0.29, 0.717) is 18.6 Å². The molecule has 0 saturated carbocycles. The molecule has 0 bridgehead atoms. The molecule has 3 nitrogen and oxygen atoms in total. The van der Waals surface area contributed by atoms with Gasteiger partial charge in [-0.2, -0.15) is 0 Å². The van der Waals surface area contributed by atoms with Crippen LogP contribution in [0.25, 0.3) is 0 Å². The van der Waals surface area contributed by atoms with Crippen LogP contribution in [0.5, 0.6) is 0 Å². The van der Waals surface area contributed by atoms with Crippen LogP contribution in [0.2, 0.25) is 0 Å². The Balaban J connectivity index is 2.03. The molecule has 1 aliphatic rings. The second-order valence-electron chi connectivity index (χ2n) is 3.94. The SMILES string of the molecule is CC(CCO)CNC1CCCOC1. The van der Waals surface area contributed by atoms with E-state index in [1.54, 1.807) is 0 Å². The fourth-order valence-corrected chi connectivity index (χ4v) is 1.59. The summed E-state index contributed by atoms with van der Waals surface area (Å²) in [5.41, 5.74) is 0. The maximum absolute atomic E-state index is 8.72. The first-order valence-electron chi connectivity index (χ1n) is 5.25. The molecule has 0 aromatic carbocycles. The zero-order chi connectivity index (χ0) is 9.52. The average Bonchev–Trinajstić information content (AvgIpc) is 2.17. The van der Waals surface area contributed by atoms with Crippen molar-refractivity contribution in [2.75, 3.05) is 26.4 Å².